The van der Waals surface area contributed by atoms with Crippen LogP contribution in [0.25, 0.3) is 0 Å². The maximum atomic E-state index is 11.8. The lowest BCUT2D eigenvalue weighted by Crippen LogP contribution is -2.46. The van der Waals surface area contributed by atoms with Crippen LogP contribution in [0.1, 0.15) is 41.0 Å². The Labute approximate surface area is 105 Å². The normalized spacial score (nSPS) is 17.1. The molecule has 0 aromatic heterocycles. The lowest BCUT2D eigenvalue weighted by Gasteiger charge is -2.28. The van der Waals surface area contributed by atoms with Crippen LogP contribution in [0, 0.1) is 0 Å². The molecule has 0 bridgehead atoms. The highest BCUT2D eigenvalue weighted by Gasteiger charge is 2.29. The van der Waals surface area contributed by atoms with Crippen LogP contribution in [-0.2, 0) is 9.84 Å². The maximum Gasteiger partial charge on any atom is 0.156 e. The molecule has 1 N–H and O–H groups in total. The number of hydrogen-bond donors (Lipinski definition) is 1. The summed E-state index contributed by atoms with van der Waals surface area (Å²) < 4.78 is 23.0. The number of halogens is 1. The summed E-state index contributed by atoms with van der Waals surface area (Å²) in [6.07, 6.45) is 0.881. The van der Waals surface area contributed by atoms with Crippen molar-refractivity contribution in [2.75, 3.05) is 18.2 Å². The van der Waals surface area contributed by atoms with Crippen molar-refractivity contribution in [1.82, 2.24) is 5.32 Å². The largest absolute Gasteiger partial charge is 0.309 e. The number of hydrogen-bond acceptors (Lipinski definition) is 3. The zero-order valence-corrected chi connectivity index (χ0v) is 12.5. The fraction of sp³-hybridized carbons (Fsp3) is 1.00. The average Bonchev–Trinajstić information content (AvgIpc) is 2.15. The van der Waals surface area contributed by atoms with Crippen molar-refractivity contribution in [3.8, 4) is 0 Å². The summed E-state index contributed by atoms with van der Waals surface area (Å²) in [5, 5.41) is 3.21. The molecule has 0 aliphatic rings. The summed E-state index contributed by atoms with van der Waals surface area (Å²) >= 11 is 5.84. The predicted octanol–water partition coefficient (Wildman–Crippen LogP) is 2.20. The van der Waals surface area contributed by atoms with Gasteiger partial charge in [0.15, 0.2) is 9.84 Å². The van der Waals surface area contributed by atoms with Gasteiger partial charge >= 0.3 is 0 Å². The molecular weight excluding hydrogens is 246 g/mol. The first-order valence-corrected chi connectivity index (χ1v) is 7.80. The fourth-order valence-corrected chi connectivity index (χ4v) is 2.33. The number of sulfone groups is 1. The summed E-state index contributed by atoms with van der Waals surface area (Å²) in [6, 6.07) is 0. The van der Waals surface area contributed by atoms with Gasteiger partial charge < -0.3 is 5.32 Å². The molecule has 1 unspecified atom stereocenters. The number of alkyl halides is 1. The van der Waals surface area contributed by atoms with Gasteiger partial charge in [-0.2, -0.15) is 0 Å². The third kappa shape index (κ3) is 4.60. The van der Waals surface area contributed by atoms with Gasteiger partial charge in [0.25, 0.3) is 0 Å². The number of rotatable bonds is 6. The molecule has 0 saturated heterocycles. The molecule has 0 spiro atoms. The zero-order valence-electron chi connectivity index (χ0n) is 10.9. The Bertz CT molecular complexity index is 302. The van der Waals surface area contributed by atoms with Gasteiger partial charge in [0.2, 0.25) is 0 Å². The first-order valence-electron chi connectivity index (χ1n) is 5.61. The Morgan fingerprint density at radius 1 is 1.19 bits per heavy atom. The minimum atomic E-state index is -3.04. The second-order valence-electron chi connectivity index (χ2n) is 5.41. The van der Waals surface area contributed by atoms with Crippen molar-refractivity contribution in [2.24, 2.45) is 0 Å². The molecule has 16 heavy (non-hydrogen) atoms. The molecule has 0 aromatic rings. The molecule has 0 heterocycles. The molecule has 0 aliphatic heterocycles. The van der Waals surface area contributed by atoms with Gasteiger partial charge in [-0.15, -0.1) is 11.6 Å². The molecule has 0 rings (SSSR count). The minimum absolute atomic E-state index is 0.156. The summed E-state index contributed by atoms with van der Waals surface area (Å²) in [5.74, 6) is 0.641. The molecule has 5 heteroatoms. The topological polar surface area (TPSA) is 46.2 Å². The lowest BCUT2D eigenvalue weighted by molar-refractivity contribution is 0.391. The van der Waals surface area contributed by atoms with Crippen molar-refractivity contribution < 1.29 is 8.42 Å². The van der Waals surface area contributed by atoms with E-state index in [9.17, 15) is 8.42 Å². The van der Waals surface area contributed by atoms with E-state index in [0.717, 1.165) is 6.42 Å². The Hall–Kier alpha value is 0.200. The van der Waals surface area contributed by atoms with Gasteiger partial charge in [0.1, 0.15) is 0 Å². The van der Waals surface area contributed by atoms with Crippen molar-refractivity contribution in [2.45, 2.75) is 51.3 Å². The second kappa shape index (κ2) is 5.69. The zero-order chi connectivity index (χ0) is 13.0. The van der Waals surface area contributed by atoms with Crippen LogP contribution in [0.5, 0.6) is 0 Å². The third-order valence-electron chi connectivity index (χ3n) is 2.93. The second-order valence-corrected chi connectivity index (χ2v) is 8.54. The van der Waals surface area contributed by atoms with Crippen LogP contribution in [0.3, 0.4) is 0 Å². The van der Waals surface area contributed by atoms with E-state index in [1.54, 1.807) is 20.8 Å². The molecule has 0 amide bonds. The Kier molecular flexibility index (Phi) is 5.77. The highest BCUT2D eigenvalue weighted by Crippen LogP contribution is 2.16. The van der Waals surface area contributed by atoms with E-state index in [1.807, 2.05) is 13.8 Å². The molecular formula is C11H24ClNO2S. The van der Waals surface area contributed by atoms with Crippen LogP contribution in [0.15, 0.2) is 0 Å². The Morgan fingerprint density at radius 3 is 2.00 bits per heavy atom. The highest BCUT2D eigenvalue weighted by molar-refractivity contribution is 7.92. The van der Waals surface area contributed by atoms with E-state index in [0.29, 0.717) is 12.4 Å². The van der Waals surface area contributed by atoms with Gasteiger partial charge in [-0.3, -0.25) is 0 Å². The van der Waals surface area contributed by atoms with Crippen molar-refractivity contribution in [3.05, 3.63) is 0 Å². The van der Waals surface area contributed by atoms with E-state index >= 15 is 0 Å². The SMILES string of the molecule is CCC(C)(CCl)NCCS(=O)(=O)C(C)(C)C. The average molecular weight is 270 g/mol. The predicted molar refractivity (Wildman–Crippen MR) is 71.0 cm³/mol. The first kappa shape index (κ1) is 16.2. The smallest absolute Gasteiger partial charge is 0.156 e. The van der Waals surface area contributed by atoms with E-state index in [4.69, 9.17) is 11.6 Å². The van der Waals surface area contributed by atoms with E-state index in [1.165, 1.54) is 0 Å². The quantitative estimate of drug-likeness (QED) is 0.752. The summed E-state index contributed by atoms with van der Waals surface area (Å²) in [4.78, 5) is 0. The van der Waals surface area contributed by atoms with Crippen molar-refractivity contribution >= 4 is 21.4 Å². The molecule has 0 radical (unpaired) electrons. The van der Waals surface area contributed by atoms with E-state index in [2.05, 4.69) is 5.32 Å². The van der Waals surface area contributed by atoms with Crippen LogP contribution in [-0.4, -0.2) is 36.9 Å². The van der Waals surface area contributed by atoms with E-state index in [-0.39, 0.29) is 11.3 Å². The van der Waals surface area contributed by atoms with Crippen molar-refractivity contribution in [1.29, 1.82) is 0 Å². The monoisotopic (exact) mass is 269 g/mol. The third-order valence-corrected chi connectivity index (χ3v) is 6.13. The van der Waals surface area contributed by atoms with Gasteiger partial charge in [0.05, 0.1) is 10.5 Å². The minimum Gasteiger partial charge on any atom is -0.309 e. The Balaban J connectivity index is 4.29. The standard InChI is InChI=1S/C11H24ClNO2S/c1-6-11(5,9-12)13-7-8-16(14,15)10(2,3)4/h13H,6-9H2,1-5H3. The maximum absolute atomic E-state index is 11.8. The van der Waals surface area contributed by atoms with Crippen LogP contribution in [0.4, 0.5) is 0 Å². The molecule has 98 valence electrons. The van der Waals surface area contributed by atoms with E-state index < -0.39 is 14.6 Å². The fourth-order valence-electron chi connectivity index (χ4n) is 1.06. The molecule has 1 atom stereocenters. The van der Waals surface area contributed by atoms with Gasteiger partial charge in [-0.1, -0.05) is 6.92 Å². The first-order chi connectivity index (χ1) is 7.08. The molecule has 0 aromatic carbocycles. The molecule has 0 saturated carbocycles. The highest BCUT2D eigenvalue weighted by atomic mass is 35.5. The van der Waals surface area contributed by atoms with Crippen LogP contribution < -0.4 is 5.32 Å². The van der Waals surface area contributed by atoms with Crippen molar-refractivity contribution in [3.63, 3.8) is 0 Å². The Morgan fingerprint density at radius 2 is 1.69 bits per heavy atom. The van der Waals surface area contributed by atoms with Crippen LogP contribution in [0.2, 0.25) is 0 Å². The molecule has 0 aliphatic carbocycles. The lowest BCUT2D eigenvalue weighted by atomic mass is 10.0. The van der Waals surface area contributed by atoms with Crippen LogP contribution >= 0.6 is 11.6 Å². The van der Waals surface area contributed by atoms with Gasteiger partial charge in [-0.25, -0.2) is 8.42 Å². The summed E-state index contributed by atoms with van der Waals surface area (Å²) in [6.45, 7) is 9.67. The molecule has 0 fully saturated rings. The van der Waals surface area contributed by atoms with Gasteiger partial charge in [0, 0.05) is 18.0 Å². The summed E-state index contributed by atoms with van der Waals surface area (Å²) in [5.41, 5.74) is -0.172. The molecule has 3 nitrogen and oxygen atoms in total. The van der Waals surface area contributed by atoms with Gasteiger partial charge in [-0.05, 0) is 34.1 Å². The summed E-state index contributed by atoms with van der Waals surface area (Å²) in [7, 11) is -3.04. The number of nitrogens with one attached hydrogen (secondary N) is 1.